The van der Waals surface area contributed by atoms with Crippen molar-refractivity contribution in [1.29, 1.82) is 0 Å². The molecule has 0 fully saturated rings. The van der Waals surface area contributed by atoms with Crippen LogP contribution in [0.3, 0.4) is 0 Å². The molecule has 1 aliphatic carbocycles. The minimum Gasteiger partial charge on any atom is -1.00 e. The summed E-state index contributed by atoms with van der Waals surface area (Å²) in [5, 5.41) is 3.86. The molecular weight excluding hydrogens is 747 g/mol. The maximum atomic E-state index is 6.19. The SMILES string of the molecule is COc1cc(C)c([Si](c2c(C)cc(OC)c(OC)c2C)(c2c(C)cc(OC)c(OC)c2C)[C]2([Ti+3])C(C)=C(C)C(C)=C2C)c(C)c1OC.[Cl-].[Cl-].[Cl-]. The van der Waals surface area contributed by atoms with Crippen molar-refractivity contribution in [3.05, 3.63) is 73.9 Å². The number of rotatable bonds is 10. The summed E-state index contributed by atoms with van der Waals surface area (Å²) in [5.41, 5.74) is 12.1. The molecule has 6 nitrogen and oxygen atoms in total. The molecule has 272 valence electrons. The summed E-state index contributed by atoms with van der Waals surface area (Å²) in [6.45, 7) is 22.5. The first-order valence-electron chi connectivity index (χ1n) is 15.9. The maximum absolute atomic E-state index is 6.19. The van der Waals surface area contributed by atoms with Crippen molar-refractivity contribution in [2.75, 3.05) is 42.7 Å². The number of allylic oxidation sites excluding steroid dienone is 4. The van der Waals surface area contributed by atoms with E-state index in [0.29, 0.717) is 0 Å². The molecule has 0 bridgehead atoms. The van der Waals surface area contributed by atoms with E-state index in [0.717, 1.165) is 67.9 Å². The molecule has 0 N–H and O–H groups in total. The second kappa shape index (κ2) is 17.0. The van der Waals surface area contributed by atoms with E-state index >= 15 is 0 Å². The third-order valence-corrected chi connectivity index (χ3v) is 20.2. The zero-order valence-corrected chi connectivity index (χ0v) is 37.1. The largest absolute Gasteiger partial charge is 1.00 e. The first kappa shape index (κ1) is 45.8. The Morgan fingerprint density at radius 3 is 0.880 bits per heavy atom. The Bertz CT molecular complexity index is 1650. The second-order valence-electron chi connectivity index (χ2n) is 12.8. The Kier molecular flexibility index (Phi) is 15.6. The molecule has 11 heteroatoms. The van der Waals surface area contributed by atoms with Gasteiger partial charge in [-0.25, -0.2) is 0 Å². The monoisotopic (exact) mass is 796 g/mol. The summed E-state index contributed by atoms with van der Waals surface area (Å²) < 4.78 is 35.9. The van der Waals surface area contributed by atoms with Gasteiger partial charge < -0.3 is 37.2 Å². The molecule has 3 aromatic carbocycles. The fraction of sp³-hybridized carbons (Fsp3) is 0.436. The van der Waals surface area contributed by atoms with Crippen molar-refractivity contribution in [3.8, 4) is 34.5 Å². The molecule has 0 aliphatic heterocycles. The van der Waals surface area contributed by atoms with Crippen molar-refractivity contribution in [2.24, 2.45) is 0 Å². The standard InChI is InChI=1S/C39H51O6Si.3ClH.Ti/c1-20-17-30(40-11)33(43-14)27(8)36(20)46(39-25(6)23(4)24(5)26(39)7,37-21(2)18-31(41-12)34(44-15)28(37)9)38-22(3)19-32(42-13)35(45-16)29(38)10;;;;/h17-19H,1-16H3;3*1H;/q;;;;+3/p-3. The van der Waals surface area contributed by atoms with Gasteiger partial charge in [0, 0.05) is 0 Å². The Morgan fingerprint density at radius 1 is 0.440 bits per heavy atom. The van der Waals surface area contributed by atoms with Crippen molar-refractivity contribution in [1.82, 2.24) is 0 Å². The summed E-state index contributed by atoms with van der Waals surface area (Å²) in [6.07, 6.45) is 0. The van der Waals surface area contributed by atoms with Crippen molar-refractivity contribution in [2.45, 2.75) is 72.6 Å². The molecule has 0 aromatic heterocycles. The number of hydrogen-bond acceptors (Lipinski definition) is 6. The first-order valence-corrected chi connectivity index (χ1v) is 18.7. The van der Waals surface area contributed by atoms with E-state index in [4.69, 9.17) is 28.4 Å². The van der Waals surface area contributed by atoms with E-state index in [2.05, 4.69) is 108 Å². The van der Waals surface area contributed by atoms with Crippen LogP contribution in [0.4, 0.5) is 0 Å². The number of methoxy groups -OCH3 is 6. The van der Waals surface area contributed by atoms with Crippen LogP contribution in [0.1, 0.15) is 61.1 Å². The van der Waals surface area contributed by atoms with Crippen molar-refractivity contribution < 1.29 is 86.1 Å². The van der Waals surface area contributed by atoms with Crippen LogP contribution in [0.15, 0.2) is 40.5 Å². The number of ether oxygens (including phenoxy) is 6. The molecule has 4 rings (SSSR count). The van der Waals surface area contributed by atoms with Gasteiger partial charge in [0.05, 0.1) is 0 Å². The van der Waals surface area contributed by atoms with Crippen LogP contribution < -0.4 is 81.2 Å². The predicted molar refractivity (Wildman–Crippen MR) is 191 cm³/mol. The average molecular weight is 798 g/mol. The quantitative estimate of drug-likeness (QED) is 0.175. The van der Waals surface area contributed by atoms with E-state index in [9.17, 15) is 0 Å². The summed E-state index contributed by atoms with van der Waals surface area (Å²) in [6, 6.07) is 6.45. The fourth-order valence-corrected chi connectivity index (χ4v) is 18.4. The summed E-state index contributed by atoms with van der Waals surface area (Å²) in [4.78, 5) is 0. The number of benzene rings is 3. The average Bonchev–Trinajstić information content (AvgIpc) is 3.18. The van der Waals surface area contributed by atoms with Crippen LogP contribution in [-0.2, 0) is 20.4 Å². The van der Waals surface area contributed by atoms with Crippen molar-refractivity contribution in [3.63, 3.8) is 0 Å². The molecule has 0 saturated heterocycles. The van der Waals surface area contributed by atoms with E-state index in [1.54, 1.807) is 42.7 Å². The summed E-state index contributed by atoms with van der Waals surface area (Å²) in [5.74, 6) is 4.40. The molecule has 50 heavy (non-hydrogen) atoms. The van der Waals surface area contributed by atoms with Crippen LogP contribution in [0.2, 0.25) is 3.34 Å². The van der Waals surface area contributed by atoms with E-state index in [1.807, 2.05) is 0 Å². The molecule has 0 radical (unpaired) electrons. The van der Waals surface area contributed by atoms with Gasteiger partial charge in [0.15, 0.2) is 0 Å². The van der Waals surface area contributed by atoms with Gasteiger partial charge in [0.25, 0.3) is 0 Å². The minimum atomic E-state index is -3.36. The number of aryl methyl sites for hydroxylation is 3. The van der Waals surface area contributed by atoms with Crippen LogP contribution in [0.5, 0.6) is 34.5 Å². The predicted octanol–water partition coefficient (Wildman–Crippen LogP) is -2.00. The zero-order chi connectivity index (χ0) is 35.3. The molecule has 0 unspecified atom stereocenters. The van der Waals surface area contributed by atoms with E-state index < -0.39 is 11.4 Å². The molecule has 0 heterocycles. The van der Waals surface area contributed by atoms with Gasteiger partial charge in [-0.05, 0) is 0 Å². The zero-order valence-electron chi connectivity index (χ0n) is 32.3. The van der Waals surface area contributed by atoms with Gasteiger partial charge in [-0.2, -0.15) is 0 Å². The van der Waals surface area contributed by atoms with Gasteiger partial charge in [0.2, 0.25) is 0 Å². The first-order chi connectivity index (χ1) is 22.1. The smallest absolute Gasteiger partial charge is 1.00 e. The normalized spacial score (nSPS) is 13.6. The van der Waals surface area contributed by atoms with Crippen LogP contribution in [-0.4, -0.2) is 50.7 Å². The van der Waals surface area contributed by atoms with Gasteiger partial charge in [0.1, 0.15) is 0 Å². The molecular formula is C39H51Cl3O6SiTi. The number of halogens is 3. The van der Waals surface area contributed by atoms with Gasteiger partial charge in [-0.3, -0.25) is 0 Å². The van der Waals surface area contributed by atoms with Gasteiger partial charge in [-0.1, -0.05) is 0 Å². The van der Waals surface area contributed by atoms with E-state index in [-0.39, 0.29) is 37.2 Å². The minimum absolute atomic E-state index is 0. The Balaban J connectivity index is 0.00000417. The van der Waals surface area contributed by atoms with E-state index in [1.165, 1.54) is 37.9 Å². The number of hydrogen-bond donors (Lipinski definition) is 0. The van der Waals surface area contributed by atoms with Crippen LogP contribution >= 0.6 is 0 Å². The Labute approximate surface area is 331 Å². The molecule has 0 spiro atoms. The van der Waals surface area contributed by atoms with Crippen molar-refractivity contribution >= 4 is 23.6 Å². The second-order valence-corrected chi connectivity index (χ2v) is 18.5. The molecule has 0 atom stereocenters. The maximum Gasteiger partial charge on any atom is -1.00 e. The topological polar surface area (TPSA) is 55.4 Å². The summed E-state index contributed by atoms with van der Waals surface area (Å²) in [7, 11) is 6.95. The molecule has 0 amide bonds. The molecule has 0 saturated carbocycles. The van der Waals surface area contributed by atoms with Gasteiger partial charge in [-0.15, -0.1) is 0 Å². The Hall–Kier alpha value is -2.26. The fourth-order valence-electron chi connectivity index (χ4n) is 8.64. The Morgan fingerprint density at radius 2 is 0.680 bits per heavy atom. The van der Waals surface area contributed by atoms with Crippen LogP contribution in [0, 0.1) is 41.5 Å². The third kappa shape index (κ3) is 6.28. The van der Waals surface area contributed by atoms with Crippen LogP contribution in [0.25, 0.3) is 0 Å². The summed E-state index contributed by atoms with van der Waals surface area (Å²) >= 11 is 2.48. The third-order valence-electron chi connectivity index (χ3n) is 10.8. The molecule has 1 aliphatic rings. The van der Waals surface area contributed by atoms with Gasteiger partial charge >= 0.3 is 296 Å². The molecule has 3 aromatic rings.